The zero-order valence-electron chi connectivity index (χ0n) is 11.5. The second-order valence-corrected chi connectivity index (χ2v) is 5.88. The number of carboxylic acids is 1. The van der Waals surface area contributed by atoms with Crippen molar-refractivity contribution in [1.82, 2.24) is 4.98 Å². The van der Waals surface area contributed by atoms with Crippen LogP contribution < -0.4 is 0 Å². The maximum Gasteiger partial charge on any atom is 0.354 e. The monoisotopic (exact) mass is 287 g/mol. The molecule has 0 amide bonds. The summed E-state index contributed by atoms with van der Waals surface area (Å²) in [5.41, 5.74) is 2.19. The first kappa shape index (κ1) is 14.6. The van der Waals surface area contributed by atoms with Gasteiger partial charge in [-0.05, 0) is 35.2 Å². The van der Waals surface area contributed by atoms with Gasteiger partial charge in [0, 0.05) is 16.8 Å². The number of carbonyl (C=O) groups is 1. The molecule has 0 radical (unpaired) electrons. The first-order valence-electron chi connectivity index (χ1n) is 6.48. The highest BCUT2D eigenvalue weighted by Gasteiger charge is 2.11. The average Bonchev–Trinajstić information content (AvgIpc) is 2.45. The Morgan fingerprint density at radius 1 is 1.25 bits per heavy atom. The molecule has 0 saturated carbocycles. The number of hydrogen-bond donors (Lipinski definition) is 1. The Balaban J connectivity index is 2.07. The second kappa shape index (κ2) is 6.57. The number of carboxylic acid groups (broad SMARTS) is 1. The molecule has 0 unspecified atom stereocenters. The Hall–Kier alpha value is -1.81. The third-order valence-electron chi connectivity index (χ3n) is 3.03. The number of benzene rings is 1. The molecule has 2 aromatic rings. The lowest BCUT2D eigenvalue weighted by molar-refractivity contribution is 0.0689. The molecule has 20 heavy (non-hydrogen) atoms. The van der Waals surface area contributed by atoms with Crippen molar-refractivity contribution < 1.29 is 9.90 Å². The summed E-state index contributed by atoms with van der Waals surface area (Å²) < 4.78 is 0. The van der Waals surface area contributed by atoms with Gasteiger partial charge in [-0.2, -0.15) is 0 Å². The van der Waals surface area contributed by atoms with Crippen molar-refractivity contribution in [2.45, 2.75) is 30.4 Å². The fraction of sp³-hybridized carbons (Fsp3) is 0.250. The predicted octanol–water partition coefficient (Wildman–Crippen LogP) is 4.20. The fourth-order valence-corrected chi connectivity index (χ4v) is 2.74. The van der Waals surface area contributed by atoms with Gasteiger partial charge in [0.2, 0.25) is 0 Å². The van der Waals surface area contributed by atoms with Crippen LogP contribution in [0.2, 0.25) is 0 Å². The lowest BCUT2D eigenvalue weighted by Crippen LogP contribution is -2.04. The van der Waals surface area contributed by atoms with Crippen molar-refractivity contribution in [1.29, 1.82) is 0 Å². The first-order chi connectivity index (χ1) is 9.58. The van der Waals surface area contributed by atoms with Gasteiger partial charge < -0.3 is 5.11 Å². The van der Waals surface area contributed by atoms with Crippen LogP contribution in [0.4, 0.5) is 0 Å². The Morgan fingerprint density at radius 3 is 2.55 bits per heavy atom. The molecule has 2 rings (SSSR count). The van der Waals surface area contributed by atoms with Crippen molar-refractivity contribution >= 4 is 17.7 Å². The molecule has 0 fully saturated rings. The summed E-state index contributed by atoms with van der Waals surface area (Å²) in [6, 6.07) is 12.0. The van der Waals surface area contributed by atoms with Gasteiger partial charge in [-0.1, -0.05) is 32.0 Å². The summed E-state index contributed by atoms with van der Waals surface area (Å²) in [5, 5.41) is 9.09. The number of aromatic nitrogens is 1. The van der Waals surface area contributed by atoms with Gasteiger partial charge in [-0.15, -0.1) is 11.8 Å². The van der Waals surface area contributed by atoms with Crippen LogP contribution in [-0.4, -0.2) is 16.1 Å². The molecule has 0 bridgehead atoms. The molecule has 0 aliphatic carbocycles. The van der Waals surface area contributed by atoms with Crippen molar-refractivity contribution in [3.63, 3.8) is 0 Å². The van der Waals surface area contributed by atoms with E-state index in [1.165, 1.54) is 11.8 Å². The van der Waals surface area contributed by atoms with Crippen LogP contribution in [0.15, 0.2) is 47.5 Å². The lowest BCUT2D eigenvalue weighted by atomic mass is 10.0. The average molecular weight is 287 g/mol. The number of pyridine rings is 1. The molecular formula is C16H17NO2S. The van der Waals surface area contributed by atoms with Gasteiger partial charge in [0.05, 0.1) is 0 Å². The lowest BCUT2D eigenvalue weighted by Gasteiger charge is -2.07. The highest BCUT2D eigenvalue weighted by molar-refractivity contribution is 7.98. The topological polar surface area (TPSA) is 50.2 Å². The van der Waals surface area contributed by atoms with Crippen LogP contribution in [0.5, 0.6) is 0 Å². The maximum absolute atomic E-state index is 11.1. The number of thioether (sulfide) groups is 1. The summed E-state index contributed by atoms with van der Waals surface area (Å²) in [6.45, 7) is 4.33. The van der Waals surface area contributed by atoms with Gasteiger partial charge in [-0.25, -0.2) is 9.78 Å². The second-order valence-electron chi connectivity index (χ2n) is 4.83. The Morgan fingerprint density at radius 2 is 1.95 bits per heavy atom. The fourth-order valence-electron chi connectivity index (χ4n) is 1.86. The van der Waals surface area contributed by atoms with Crippen LogP contribution in [0.3, 0.4) is 0 Å². The van der Waals surface area contributed by atoms with Crippen LogP contribution in [0.25, 0.3) is 0 Å². The van der Waals surface area contributed by atoms with Gasteiger partial charge in [0.25, 0.3) is 0 Å². The molecule has 0 atom stereocenters. The summed E-state index contributed by atoms with van der Waals surface area (Å²) in [4.78, 5) is 16.1. The third kappa shape index (κ3) is 3.61. The SMILES string of the molecule is CC(C)c1ccc(SCc2cccnc2C(=O)O)cc1. The van der Waals surface area contributed by atoms with Crippen LogP contribution in [0.1, 0.15) is 41.4 Å². The molecular weight excluding hydrogens is 270 g/mol. The van der Waals surface area contributed by atoms with Gasteiger partial charge in [0.1, 0.15) is 0 Å². The number of rotatable bonds is 5. The molecule has 104 valence electrons. The Kier molecular flexibility index (Phi) is 4.79. The zero-order valence-corrected chi connectivity index (χ0v) is 12.4. The van der Waals surface area contributed by atoms with Crippen molar-refractivity contribution in [3.05, 3.63) is 59.4 Å². The molecule has 0 aliphatic rings. The van der Waals surface area contributed by atoms with E-state index in [1.807, 2.05) is 6.07 Å². The minimum Gasteiger partial charge on any atom is -0.477 e. The predicted molar refractivity (Wildman–Crippen MR) is 81.3 cm³/mol. The summed E-state index contributed by atoms with van der Waals surface area (Å²) in [7, 11) is 0. The molecule has 0 spiro atoms. The molecule has 4 heteroatoms. The van der Waals surface area contributed by atoms with E-state index in [9.17, 15) is 4.79 Å². The number of nitrogens with zero attached hydrogens (tertiary/aromatic N) is 1. The van der Waals surface area contributed by atoms with E-state index < -0.39 is 5.97 Å². The smallest absolute Gasteiger partial charge is 0.354 e. The molecule has 1 heterocycles. The largest absolute Gasteiger partial charge is 0.477 e. The van der Waals surface area contributed by atoms with Gasteiger partial charge in [0.15, 0.2) is 5.69 Å². The van der Waals surface area contributed by atoms with Crippen LogP contribution in [-0.2, 0) is 5.75 Å². The first-order valence-corrected chi connectivity index (χ1v) is 7.46. The van der Waals surface area contributed by atoms with Crippen LogP contribution in [0, 0.1) is 0 Å². The van der Waals surface area contributed by atoms with E-state index in [0.717, 1.165) is 10.5 Å². The quantitative estimate of drug-likeness (QED) is 0.837. The number of aromatic carboxylic acids is 1. The van der Waals surface area contributed by atoms with Gasteiger partial charge >= 0.3 is 5.97 Å². The van der Waals surface area contributed by atoms with E-state index >= 15 is 0 Å². The zero-order chi connectivity index (χ0) is 14.5. The van der Waals surface area contributed by atoms with Crippen molar-refractivity contribution in [2.24, 2.45) is 0 Å². The van der Waals surface area contributed by atoms with E-state index in [-0.39, 0.29) is 5.69 Å². The maximum atomic E-state index is 11.1. The molecule has 1 N–H and O–H groups in total. The standard InChI is InChI=1S/C16H17NO2S/c1-11(2)12-5-7-14(8-6-12)20-10-13-4-3-9-17-15(13)16(18)19/h3-9,11H,10H2,1-2H3,(H,18,19). The molecule has 1 aromatic carbocycles. The molecule has 0 aliphatic heterocycles. The van der Waals surface area contributed by atoms with E-state index in [2.05, 4.69) is 43.1 Å². The van der Waals surface area contributed by atoms with E-state index in [0.29, 0.717) is 11.7 Å². The Labute approximate surface area is 123 Å². The van der Waals surface area contributed by atoms with Crippen molar-refractivity contribution in [3.8, 4) is 0 Å². The normalized spacial score (nSPS) is 10.8. The summed E-state index contributed by atoms with van der Waals surface area (Å²) in [5.74, 6) is 0.151. The summed E-state index contributed by atoms with van der Waals surface area (Å²) >= 11 is 1.62. The molecule has 0 saturated heterocycles. The summed E-state index contributed by atoms with van der Waals surface area (Å²) in [6.07, 6.45) is 1.51. The minimum absolute atomic E-state index is 0.138. The van der Waals surface area contributed by atoms with E-state index in [1.54, 1.807) is 17.8 Å². The van der Waals surface area contributed by atoms with Crippen LogP contribution >= 0.6 is 11.8 Å². The molecule has 3 nitrogen and oxygen atoms in total. The highest BCUT2D eigenvalue weighted by Crippen LogP contribution is 2.25. The molecule has 1 aromatic heterocycles. The third-order valence-corrected chi connectivity index (χ3v) is 4.10. The van der Waals surface area contributed by atoms with Gasteiger partial charge in [-0.3, -0.25) is 0 Å². The number of hydrogen-bond acceptors (Lipinski definition) is 3. The van der Waals surface area contributed by atoms with E-state index in [4.69, 9.17) is 5.11 Å². The van der Waals surface area contributed by atoms with Crippen molar-refractivity contribution in [2.75, 3.05) is 0 Å². The Bertz CT molecular complexity index is 594. The minimum atomic E-state index is -0.976. The highest BCUT2D eigenvalue weighted by atomic mass is 32.2.